The summed E-state index contributed by atoms with van der Waals surface area (Å²) in [4.78, 5) is 3.39. The van der Waals surface area contributed by atoms with Crippen LogP contribution in [0.4, 0.5) is 21.0 Å². The van der Waals surface area contributed by atoms with Gasteiger partial charge in [-0.3, -0.25) is 9.40 Å². The van der Waals surface area contributed by atoms with Gasteiger partial charge in [0.1, 0.15) is 22.3 Å². The summed E-state index contributed by atoms with van der Waals surface area (Å²) in [6, 6.07) is 13.1. The number of nitrogens with one attached hydrogen (secondary N) is 2. The zero-order valence-corrected chi connectivity index (χ0v) is 18.2. The zero-order chi connectivity index (χ0) is 22.0. The molecule has 0 bridgehead atoms. The molecule has 0 saturated carbocycles. The van der Waals surface area contributed by atoms with Crippen molar-refractivity contribution in [2.75, 3.05) is 17.1 Å². The second-order valence-electron chi connectivity index (χ2n) is 6.45. The minimum absolute atomic E-state index is 0.167. The Morgan fingerprint density at radius 1 is 1.16 bits per heavy atom. The molecule has 0 saturated heterocycles. The third-order valence-electron chi connectivity index (χ3n) is 4.41. The van der Waals surface area contributed by atoms with E-state index < -0.39 is 20.7 Å². The third-order valence-corrected chi connectivity index (χ3v) is 6.60. The number of methoxy groups -OCH3 is 1. The first kappa shape index (κ1) is 20.8. The Hall–Kier alpha value is -3.44. The van der Waals surface area contributed by atoms with Crippen molar-refractivity contribution in [3.8, 4) is 17.0 Å². The molecule has 0 radical (unpaired) electrons. The highest BCUT2D eigenvalue weighted by molar-refractivity contribution is 7.93. The van der Waals surface area contributed by atoms with Gasteiger partial charge in [0, 0.05) is 35.9 Å². The van der Waals surface area contributed by atoms with Gasteiger partial charge in [-0.15, -0.1) is 11.3 Å². The van der Waals surface area contributed by atoms with Crippen LogP contribution < -0.4 is 14.8 Å². The molecular formula is C20H18FN5O3S2. The molecule has 8 nitrogen and oxygen atoms in total. The predicted molar refractivity (Wildman–Crippen MR) is 118 cm³/mol. The second-order valence-corrected chi connectivity index (χ2v) is 9.00. The lowest BCUT2D eigenvalue weighted by Crippen LogP contribution is -2.14. The van der Waals surface area contributed by atoms with Crippen LogP contribution in [-0.4, -0.2) is 30.3 Å². The number of ether oxygens (including phenoxy) is 1. The summed E-state index contributed by atoms with van der Waals surface area (Å²) in [5, 5.41) is 9.32. The molecule has 0 aliphatic carbocycles. The highest BCUT2D eigenvalue weighted by Gasteiger charge is 2.21. The summed E-state index contributed by atoms with van der Waals surface area (Å²) in [6.07, 6.45) is 1.46. The first-order chi connectivity index (χ1) is 14.9. The van der Waals surface area contributed by atoms with Crippen LogP contribution in [0.1, 0.15) is 0 Å². The van der Waals surface area contributed by atoms with E-state index in [-0.39, 0.29) is 5.13 Å². The first-order valence-electron chi connectivity index (χ1n) is 9.04. The SMILES string of the molecule is COc1ccccc1-c1cc(Nc2ccc(S(=O)(=O)Nc3nccs3)c(F)c2)n(C)n1. The van der Waals surface area contributed by atoms with Gasteiger partial charge in [-0.05, 0) is 30.3 Å². The number of thiazole rings is 1. The minimum atomic E-state index is -4.09. The topological polar surface area (TPSA) is 98.1 Å². The number of aryl methyl sites for hydroxylation is 1. The monoisotopic (exact) mass is 459 g/mol. The lowest BCUT2D eigenvalue weighted by Gasteiger charge is -2.10. The smallest absolute Gasteiger partial charge is 0.266 e. The van der Waals surface area contributed by atoms with Crippen LogP contribution in [-0.2, 0) is 17.1 Å². The Kier molecular flexibility index (Phi) is 5.61. The molecule has 2 N–H and O–H groups in total. The molecule has 0 spiro atoms. The van der Waals surface area contributed by atoms with E-state index in [1.165, 1.54) is 18.3 Å². The number of hydrogen-bond donors (Lipinski definition) is 2. The van der Waals surface area contributed by atoms with Crippen LogP contribution in [0.15, 0.2) is 65.0 Å². The average Bonchev–Trinajstić information content (AvgIpc) is 3.37. The molecule has 0 amide bonds. The standard InChI is InChI=1S/C20H18FN5O3S2/c1-26-19(12-16(24-26)14-5-3-4-6-17(14)29-2)23-13-7-8-18(15(21)11-13)31(27,28)25-20-22-9-10-30-20/h3-12,23H,1-2H3,(H,22,25). The van der Waals surface area contributed by atoms with Crippen LogP contribution in [0.5, 0.6) is 5.75 Å². The van der Waals surface area contributed by atoms with Crippen LogP contribution >= 0.6 is 11.3 Å². The second kappa shape index (κ2) is 8.36. The maximum Gasteiger partial charge on any atom is 0.266 e. The van der Waals surface area contributed by atoms with E-state index >= 15 is 0 Å². The number of aromatic nitrogens is 3. The summed E-state index contributed by atoms with van der Waals surface area (Å²) < 4.78 is 48.7. The molecule has 2 aromatic carbocycles. The number of sulfonamides is 1. The van der Waals surface area contributed by atoms with Gasteiger partial charge in [-0.25, -0.2) is 17.8 Å². The Bertz CT molecular complexity index is 1320. The van der Waals surface area contributed by atoms with Gasteiger partial charge in [-0.2, -0.15) is 5.10 Å². The van der Waals surface area contributed by atoms with E-state index in [0.717, 1.165) is 23.0 Å². The van der Waals surface area contributed by atoms with Crippen molar-refractivity contribution in [3.63, 3.8) is 0 Å². The normalized spacial score (nSPS) is 11.3. The first-order valence-corrected chi connectivity index (χ1v) is 11.4. The molecule has 0 atom stereocenters. The fourth-order valence-corrected chi connectivity index (χ4v) is 4.81. The highest BCUT2D eigenvalue weighted by atomic mass is 32.2. The molecule has 31 heavy (non-hydrogen) atoms. The largest absolute Gasteiger partial charge is 0.496 e. The number of anilines is 3. The summed E-state index contributed by atoms with van der Waals surface area (Å²) in [7, 11) is -0.757. The molecular weight excluding hydrogens is 441 g/mol. The van der Waals surface area contributed by atoms with E-state index in [2.05, 4.69) is 20.1 Å². The highest BCUT2D eigenvalue weighted by Crippen LogP contribution is 2.31. The lowest BCUT2D eigenvalue weighted by molar-refractivity contribution is 0.416. The van der Waals surface area contributed by atoms with Gasteiger partial charge < -0.3 is 10.1 Å². The quantitative estimate of drug-likeness (QED) is 0.429. The summed E-state index contributed by atoms with van der Waals surface area (Å²) >= 11 is 1.11. The lowest BCUT2D eigenvalue weighted by atomic mass is 10.1. The Balaban J connectivity index is 1.58. The molecule has 0 fully saturated rings. The van der Waals surface area contributed by atoms with Crippen molar-refractivity contribution in [2.45, 2.75) is 4.90 Å². The molecule has 0 aliphatic heterocycles. The van der Waals surface area contributed by atoms with Gasteiger partial charge in [0.05, 0.1) is 12.8 Å². The number of hydrogen-bond acceptors (Lipinski definition) is 7. The Morgan fingerprint density at radius 3 is 2.68 bits per heavy atom. The van der Waals surface area contributed by atoms with Crippen molar-refractivity contribution in [1.82, 2.24) is 14.8 Å². The van der Waals surface area contributed by atoms with Gasteiger partial charge >= 0.3 is 0 Å². The Labute approximate surface area is 182 Å². The average molecular weight is 460 g/mol. The van der Waals surface area contributed by atoms with E-state index in [1.54, 1.807) is 30.3 Å². The molecule has 4 aromatic rings. The number of halogens is 1. The van der Waals surface area contributed by atoms with Crippen LogP contribution in [0.3, 0.4) is 0 Å². The van der Waals surface area contributed by atoms with Crippen molar-refractivity contribution in [2.24, 2.45) is 7.05 Å². The maximum atomic E-state index is 14.6. The van der Waals surface area contributed by atoms with Gasteiger partial charge in [0.15, 0.2) is 5.13 Å². The zero-order valence-electron chi connectivity index (χ0n) is 16.5. The van der Waals surface area contributed by atoms with Gasteiger partial charge in [0.25, 0.3) is 10.0 Å². The molecule has 0 aliphatic rings. The molecule has 160 valence electrons. The molecule has 11 heteroatoms. The maximum absolute atomic E-state index is 14.6. The van der Waals surface area contributed by atoms with Crippen LogP contribution in [0, 0.1) is 5.82 Å². The molecule has 2 aromatic heterocycles. The molecule has 2 heterocycles. The van der Waals surface area contributed by atoms with Gasteiger partial charge in [-0.1, -0.05) is 12.1 Å². The van der Waals surface area contributed by atoms with Crippen LogP contribution in [0.25, 0.3) is 11.3 Å². The van der Waals surface area contributed by atoms with Crippen molar-refractivity contribution in [3.05, 3.63) is 65.9 Å². The molecule has 4 rings (SSSR count). The van der Waals surface area contributed by atoms with E-state index in [1.807, 2.05) is 24.3 Å². The molecule has 0 unspecified atom stereocenters. The predicted octanol–water partition coefficient (Wildman–Crippen LogP) is 4.24. The minimum Gasteiger partial charge on any atom is -0.496 e. The van der Waals surface area contributed by atoms with Crippen LogP contribution in [0.2, 0.25) is 0 Å². The Morgan fingerprint density at radius 2 is 1.97 bits per heavy atom. The summed E-state index contributed by atoms with van der Waals surface area (Å²) in [5.41, 5.74) is 1.87. The van der Waals surface area contributed by atoms with Crippen molar-refractivity contribution < 1.29 is 17.5 Å². The fraction of sp³-hybridized carbons (Fsp3) is 0.100. The summed E-state index contributed by atoms with van der Waals surface area (Å²) in [6.45, 7) is 0. The third kappa shape index (κ3) is 4.37. The fourth-order valence-electron chi connectivity index (χ4n) is 2.96. The number of nitrogens with zero attached hydrogens (tertiary/aromatic N) is 3. The number of para-hydroxylation sites is 1. The number of benzene rings is 2. The number of rotatable bonds is 7. The van der Waals surface area contributed by atoms with Crippen molar-refractivity contribution in [1.29, 1.82) is 0 Å². The van der Waals surface area contributed by atoms with Gasteiger partial charge in [0.2, 0.25) is 0 Å². The summed E-state index contributed by atoms with van der Waals surface area (Å²) in [5.74, 6) is 0.387. The van der Waals surface area contributed by atoms with E-state index in [0.29, 0.717) is 22.9 Å². The van der Waals surface area contributed by atoms with Crippen molar-refractivity contribution >= 4 is 38.0 Å². The van der Waals surface area contributed by atoms with E-state index in [9.17, 15) is 12.8 Å². The van der Waals surface area contributed by atoms with E-state index in [4.69, 9.17) is 4.74 Å².